The van der Waals surface area contributed by atoms with E-state index in [9.17, 15) is 39.6 Å². The van der Waals surface area contributed by atoms with Crippen molar-refractivity contribution in [2.75, 3.05) is 13.1 Å². The van der Waals surface area contributed by atoms with Gasteiger partial charge >= 0.3 is 0 Å². The quantitative estimate of drug-likeness (QED) is 0.0647. The van der Waals surface area contributed by atoms with E-state index in [2.05, 4.69) is 20.8 Å². The lowest BCUT2D eigenvalue weighted by molar-refractivity contribution is -0.153. The average Bonchev–Trinajstić information content (AvgIpc) is 4.23. The highest BCUT2D eigenvalue weighted by Gasteiger charge is 2.41. The number of fused-ring (bicyclic) bond motifs is 1. The maximum absolute atomic E-state index is 13.1. The number of carbonyl (C=O) groups is 4. The Morgan fingerprint density at radius 2 is 1.14 bits per heavy atom. The van der Waals surface area contributed by atoms with Gasteiger partial charge in [-0.2, -0.15) is 0 Å². The predicted molar refractivity (Wildman–Crippen MR) is 290 cm³/mol. The Morgan fingerprint density at radius 1 is 0.644 bits per heavy atom. The number of amides is 2. The first-order chi connectivity index (χ1) is 34.9. The van der Waals surface area contributed by atoms with Crippen LogP contribution >= 0.6 is 68.5 Å². The Kier molecular flexibility index (Phi) is 18.6. The van der Waals surface area contributed by atoms with Crippen molar-refractivity contribution in [2.24, 2.45) is 0 Å². The monoisotopic (exact) mass is 1100 g/mol. The standard InChI is InChI=1S/C28H33ClN2O4S2.C27H29ClN2O4S2/c1-28(2,3)23-16-37-26(30-23)21-9-6-12-31(21)27(35)25(34)24(33)22(32)11-10-19-14-17(15-36-19)13-18-7-4-5-8-20(18)29;28-19-6-2-1-5-17(19)13-16-14-18(35-15-16)10-11-22(31)24(32)25(33)27(34)30-12-4-8-21(30)26-29-20-7-3-9-23(20)36-26/h4-5,7-8,14-16,21,24-25,33-34H,6,9-13H2,1-3H3;1-2,5-6,14-15,21,24-25,32-33H,3-4,7-13H2/t2*21-,24+,25-/m11/s1. The lowest BCUT2D eigenvalue weighted by Crippen LogP contribution is -2.47. The largest absolute Gasteiger partial charge is 0.382 e. The second-order valence-corrected chi connectivity index (χ2v) is 24.9. The molecular weight excluding hydrogens is 1040 g/mol. The molecule has 9 rings (SSSR count). The molecule has 3 aliphatic rings. The van der Waals surface area contributed by atoms with Crippen molar-refractivity contribution in [3.05, 3.63) is 145 Å². The summed E-state index contributed by atoms with van der Waals surface area (Å²) in [6.45, 7) is 7.23. The van der Waals surface area contributed by atoms with Gasteiger partial charge in [0, 0.05) is 61.4 Å². The highest BCUT2D eigenvalue weighted by atomic mass is 35.5. The van der Waals surface area contributed by atoms with Crippen molar-refractivity contribution in [1.82, 2.24) is 19.8 Å². The molecule has 1 aliphatic carbocycles. The summed E-state index contributed by atoms with van der Waals surface area (Å²) in [5.74, 6) is -2.27. The van der Waals surface area contributed by atoms with Crippen LogP contribution in [0.4, 0.5) is 0 Å². The SMILES string of the molecule is CC(C)(C)c1csc([C@H]2CCCN2C(=O)[C@H](O)[C@@H](O)C(=O)CCc2cc(Cc3ccccc3Cl)cs2)n1.O=C(CCc1cc(Cc2ccccc2Cl)cs1)[C@H](O)[C@@H](O)C(=O)N1CCC[C@@H]1c1nc2c(s1)CCC2. The van der Waals surface area contributed by atoms with Crippen molar-refractivity contribution in [2.45, 2.75) is 146 Å². The van der Waals surface area contributed by atoms with E-state index in [1.165, 1.54) is 16.2 Å². The van der Waals surface area contributed by atoms with Gasteiger partial charge in [-0.15, -0.1) is 45.3 Å². The fourth-order valence-corrected chi connectivity index (χ4v) is 14.2. The lowest BCUT2D eigenvalue weighted by Gasteiger charge is -2.27. The zero-order valence-electron chi connectivity index (χ0n) is 41.2. The molecule has 2 fully saturated rings. The summed E-state index contributed by atoms with van der Waals surface area (Å²) in [6.07, 6.45) is 1.63. The van der Waals surface area contributed by atoms with Gasteiger partial charge in [0.1, 0.15) is 22.2 Å². The van der Waals surface area contributed by atoms with Crippen LogP contribution in [-0.4, -0.2) is 101 Å². The molecule has 18 heteroatoms. The molecule has 12 nitrogen and oxygen atoms in total. The van der Waals surface area contributed by atoms with Crippen molar-refractivity contribution in [3.63, 3.8) is 0 Å². The Balaban J connectivity index is 0.000000195. The van der Waals surface area contributed by atoms with Crippen LogP contribution in [0.15, 0.2) is 76.8 Å². The van der Waals surface area contributed by atoms with Gasteiger partial charge in [0.2, 0.25) is 0 Å². The van der Waals surface area contributed by atoms with Crippen molar-refractivity contribution in [3.8, 4) is 0 Å². The summed E-state index contributed by atoms with van der Waals surface area (Å²) < 4.78 is 0. The van der Waals surface area contributed by atoms with E-state index in [-0.39, 0.29) is 30.3 Å². The molecule has 73 heavy (non-hydrogen) atoms. The van der Waals surface area contributed by atoms with Crippen LogP contribution in [0.25, 0.3) is 0 Å². The van der Waals surface area contributed by atoms with Crippen LogP contribution in [0, 0.1) is 0 Å². The van der Waals surface area contributed by atoms with Gasteiger partial charge in [-0.1, -0.05) is 80.4 Å². The number of hydrogen-bond donors (Lipinski definition) is 4. The zero-order valence-corrected chi connectivity index (χ0v) is 46.0. The van der Waals surface area contributed by atoms with Crippen LogP contribution in [0.1, 0.15) is 136 Å². The molecule has 0 unspecified atom stereocenters. The number of ketones is 2. The maximum atomic E-state index is 13.1. The summed E-state index contributed by atoms with van der Waals surface area (Å²) in [6, 6.07) is 19.0. The molecular formula is C55H62Cl2N4O8S4. The first-order valence-electron chi connectivity index (χ1n) is 24.9. The van der Waals surface area contributed by atoms with Crippen LogP contribution in [0.3, 0.4) is 0 Å². The fraction of sp³-hybridized carbons (Fsp3) is 0.455. The molecule has 0 bridgehead atoms. The predicted octanol–water partition coefficient (Wildman–Crippen LogP) is 9.86. The number of aliphatic hydroxyl groups is 4. The molecule has 4 aromatic heterocycles. The van der Waals surface area contributed by atoms with Crippen LogP contribution in [0.5, 0.6) is 0 Å². The number of rotatable bonds is 18. The third-order valence-corrected chi connectivity index (χ3v) is 18.7. The minimum absolute atomic E-state index is 0.0441. The van der Waals surface area contributed by atoms with E-state index in [1.54, 1.807) is 43.8 Å². The van der Waals surface area contributed by atoms with E-state index < -0.39 is 47.8 Å². The number of thiazole rings is 2. The molecule has 0 saturated carbocycles. The first kappa shape index (κ1) is 55.0. The normalized spacial score (nSPS) is 18.3. The van der Waals surface area contributed by atoms with Crippen LogP contribution < -0.4 is 0 Å². The van der Waals surface area contributed by atoms with Gasteiger partial charge in [-0.3, -0.25) is 19.2 Å². The van der Waals surface area contributed by atoms with Crippen molar-refractivity contribution >= 4 is 91.9 Å². The molecule has 2 aliphatic heterocycles. The van der Waals surface area contributed by atoms with Gasteiger partial charge in [-0.25, -0.2) is 9.97 Å². The summed E-state index contributed by atoms with van der Waals surface area (Å²) in [5.41, 5.74) is 6.29. The summed E-state index contributed by atoms with van der Waals surface area (Å²) in [5, 5.41) is 51.5. The van der Waals surface area contributed by atoms with E-state index in [1.807, 2.05) is 76.8 Å². The molecule has 0 radical (unpaired) electrons. The molecule has 388 valence electrons. The topological polar surface area (TPSA) is 181 Å². The Bertz CT molecular complexity index is 2870. The number of Topliss-reactive ketones (excluding diaryl/α,β-unsaturated/α-hetero) is 2. The highest BCUT2D eigenvalue weighted by molar-refractivity contribution is 7.12. The maximum Gasteiger partial charge on any atom is 0.255 e. The van der Waals surface area contributed by atoms with Crippen LogP contribution in [0.2, 0.25) is 10.0 Å². The van der Waals surface area contributed by atoms with E-state index in [4.69, 9.17) is 33.2 Å². The van der Waals surface area contributed by atoms with Gasteiger partial charge in [0.25, 0.3) is 11.8 Å². The highest BCUT2D eigenvalue weighted by Crippen LogP contribution is 2.39. The minimum atomic E-state index is -1.78. The molecule has 2 aromatic carbocycles. The Labute approximate surface area is 452 Å². The van der Waals surface area contributed by atoms with Crippen molar-refractivity contribution in [1.29, 1.82) is 0 Å². The number of benzene rings is 2. The third kappa shape index (κ3) is 13.6. The first-order valence-corrected chi connectivity index (χ1v) is 29.1. The van der Waals surface area contributed by atoms with E-state index >= 15 is 0 Å². The number of nitrogens with zero attached hydrogens (tertiary/aromatic N) is 4. The third-order valence-electron chi connectivity index (χ3n) is 13.7. The second kappa shape index (κ2) is 24.6. The molecule has 2 amide bonds. The molecule has 6 atom stereocenters. The van der Waals surface area contributed by atoms with Crippen molar-refractivity contribution < 1.29 is 39.6 Å². The molecule has 2 saturated heterocycles. The molecule has 0 spiro atoms. The lowest BCUT2D eigenvalue weighted by atomic mass is 9.93. The summed E-state index contributed by atoms with van der Waals surface area (Å²) >= 11 is 18.8. The molecule has 6 heterocycles. The number of aryl methyl sites for hydroxylation is 4. The summed E-state index contributed by atoms with van der Waals surface area (Å²) in [7, 11) is 0. The number of aliphatic hydroxyl groups excluding tert-OH is 4. The van der Waals surface area contributed by atoms with Gasteiger partial charge < -0.3 is 30.2 Å². The molecule has 4 N–H and O–H groups in total. The van der Waals surface area contributed by atoms with Gasteiger partial charge in [0.15, 0.2) is 23.8 Å². The zero-order chi connectivity index (χ0) is 52.0. The number of aromatic nitrogens is 2. The molecule has 6 aromatic rings. The number of thiophene rings is 2. The number of likely N-dealkylation sites (tertiary alicyclic amines) is 2. The Morgan fingerprint density at radius 3 is 1.60 bits per heavy atom. The summed E-state index contributed by atoms with van der Waals surface area (Å²) in [4.78, 5) is 67.4. The van der Waals surface area contributed by atoms with E-state index in [0.717, 1.165) is 108 Å². The minimum Gasteiger partial charge on any atom is -0.382 e. The van der Waals surface area contributed by atoms with E-state index in [0.29, 0.717) is 38.8 Å². The number of halogens is 2. The van der Waals surface area contributed by atoms with Gasteiger partial charge in [-0.05, 0) is 128 Å². The Hall–Kier alpha value is -4.20. The number of carbonyl (C=O) groups excluding carboxylic acids is 4. The average molecular weight is 1110 g/mol. The fourth-order valence-electron chi connectivity index (χ4n) is 9.49. The number of hydrogen-bond acceptors (Lipinski definition) is 14. The smallest absolute Gasteiger partial charge is 0.255 e. The van der Waals surface area contributed by atoms with Gasteiger partial charge in [0.05, 0.1) is 23.5 Å². The van der Waals surface area contributed by atoms with Crippen LogP contribution in [-0.2, 0) is 63.1 Å². The second-order valence-electron chi connectivity index (χ2n) is 20.1.